The molecule has 284 valence electrons. The molecule has 0 unspecified atom stereocenters. The highest BCUT2D eigenvalue weighted by Gasteiger charge is 2.57. The van der Waals surface area contributed by atoms with Crippen LogP contribution in [0, 0.1) is 0 Å². The van der Waals surface area contributed by atoms with Gasteiger partial charge in [-0.2, -0.15) is 0 Å². The van der Waals surface area contributed by atoms with E-state index in [2.05, 4.69) is 20.8 Å². The average Bonchev–Trinajstić information content (AvgIpc) is 3.74. The molecule has 3 aliphatic heterocycles. The number of halogens is 1. The molecular formula is C31H35ClN7O12S2+. The number of aromatic nitrogens is 1. The normalized spacial score (nSPS) is 21.3. The Hall–Kier alpha value is -5.12. The molecule has 4 atom stereocenters. The van der Waals surface area contributed by atoms with Crippen molar-refractivity contribution in [3.05, 3.63) is 45.1 Å². The van der Waals surface area contributed by atoms with Crippen LogP contribution in [0.3, 0.4) is 0 Å². The van der Waals surface area contributed by atoms with Crippen molar-refractivity contribution in [3.63, 3.8) is 0 Å². The Labute approximate surface area is 313 Å². The summed E-state index contributed by atoms with van der Waals surface area (Å²) in [5, 5.41) is 57.0. The number of oxime groups is 1. The number of carboxylic acid groups (broad SMARTS) is 3. The summed E-state index contributed by atoms with van der Waals surface area (Å²) in [7, 11) is 0. The molecule has 2 fully saturated rings. The topological polar surface area (TPSA) is 291 Å². The smallest absolute Gasteiger partial charge is 0.352 e. The van der Waals surface area contributed by atoms with Crippen molar-refractivity contribution < 1.29 is 63.6 Å². The summed E-state index contributed by atoms with van der Waals surface area (Å²) in [6.45, 7) is 4.05. The predicted molar refractivity (Wildman–Crippen MR) is 188 cm³/mol. The molecule has 0 bridgehead atoms. The number of fused-ring (bicyclic) bond motifs is 1. The number of hydrogen-bond donors (Lipinski definition) is 8. The second-order valence-electron chi connectivity index (χ2n) is 12.5. The molecule has 0 saturated carbocycles. The van der Waals surface area contributed by atoms with Gasteiger partial charge in [0.15, 0.2) is 22.3 Å². The van der Waals surface area contributed by atoms with Crippen LogP contribution in [0.4, 0.5) is 5.13 Å². The SMILES string of the molecule is C[C@@H]1S[C@@H]2[C@@H](NC(=O)/C(=N\O[C@@H](CC(=O)O)C(=O)O)c3csc(N)n3)C(=O)N2C(C(=O)O)=C1C[N+]1(CCNC(=O)c2cc(O)c(O)c(Cl)c2)CCCC1. The number of quaternary nitrogens is 1. The van der Waals surface area contributed by atoms with Crippen molar-refractivity contribution in [2.24, 2.45) is 5.16 Å². The van der Waals surface area contributed by atoms with Crippen molar-refractivity contribution in [1.29, 1.82) is 0 Å². The Kier molecular flexibility index (Phi) is 11.7. The summed E-state index contributed by atoms with van der Waals surface area (Å²) in [4.78, 5) is 85.2. The summed E-state index contributed by atoms with van der Waals surface area (Å²) in [5.41, 5.74) is 5.32. The third-order valence-corrected chi connectivity index (χ3v) is 11.4. The van der Waals surface area contributed by atoms with E-state index in [1.165, 1.54) is 23.2 Å². The summed E-state index contributed by atoms with van der Waals surface area (Å²) < 4.78 is 0.432. The first-order valence-electron chi connectivity index (χ1n) is 16.0. The number of carboxylic acids is 3. The molecule has 0 spiro atoms. The highest BCUT2D eigenvalue weighted by atomic mass is 35.5. The minimum Gasteiger partial charge on any atom is -0.504 e. The number of nitrogens with two attached hydrogens (primary N) is 1. The quantitative estimate of drug-likeness (QED) is 0.0403. The molecule has 2 saturated heterocycles. The molecule has 2 aromatic rings. The van der Waals surface area contributed by atoms with Crippen LogP contribution >= 0.6 is 34.7 Å². The number of rotatable bonds is 15. The van der Waals surface area contributed by atoms with Gasteiger partial charge in [0.1, 0.15) is 29.4 Å². The van der Waals surface area contributed by atoms with Gasteiger partial charge >= 0.3 is 17.9 Å². The third-order valence-electron chi connectivity index (χ3n) is 9.00. The number of nitrogen functional groups attached to an aromatic ring is 1. The van der Waals surface area contributed by atoms with E-state index in [0.29, 0.717) is 29.7 Å². The van der Waals surface area contributed by atoms with Crippen LogP contribution < -0.4 is 16.4 Å². The van der Waals surface area contributed by atoms with Crippen LogP contribution in [-0.2, 0) is 28.8 Å². The molecule has 22 heteroatoms. The van der Waals surface area contributed by atoms with Crippen LogP contribution in [-0.4, -0.2) is 137 Å². The highest BCUT2D eigenvalue weighted by molar-refractivity contribution is 8.00. The summed E-state index contributed by atoms with van der Waals surface area (Å²) in [6, 6.07) is 1.09. The number of phenols is 2. The van der Waals surface area contributed by atoms with E-state index in [1.54, 1.807) is 6.92 Å². The number of hydrogen-bond acceptors (Lipinski definition) is 14. The molecule has 1 aromatic heterocycles. The minimum atomic E-state index is -1.95. The summed E-state index contributed by atoms with van der Waals surface area (Å²) >= 11 is 8.08. The van der Waals surface area contributed by atoms with Gasteiger partial charge in [-0.05, 0) is 19.1 Å². The summed E-state index contributed by atoms with van der Waals surface area (Å²) in [6.07, 6.45) is -1.21. The summed E-state index contributed by atoms with van der Waals surface area (Å²) in [5.74, 6) is -7.86. The van der Waals surface area contributed by atoms with Crippen LogP contribution in [0.5, 0.6) is 11.5 Å². The zero-order chi connectivity index (χ0) is 38.8. The molecule has 0 radical (unpaired) electrons. The van der Waals surface area contributed by atoms with E-state index < -0.39 is 82.0 Å². The molecule has 1 aromatic carbocycles. The van der Waals surface area contributed by atoms with Crippen LogP contribution in [0.1, 0.15) is 42.2 Å². The maximum atomic E-state index is 13.6. The zero-order valence-corrected chi connectivity index (χ0v) is 30.2. The number of thiazole rings is 1. The number of likely N-dealkylation sites (tertiary alicyclic amines) is 1. The van der Waals surface area contributed by atoms with E-state index in [-0.39, 0.29) is 40.2 Å². The van der Waals surface area contributed by atoms with Crippen LogP contribution in [0.15, 0.2) is 33.9 Å². The lowest BCUT2D eigenvalue weighted by molar-refractivity contribution is -0.911. The highest BCUT2D eigenvalue weighted by Crippen LogP contribution is 2.45. The number of aliphatic carboxylic acids is 3. The van der Waals surface area contributed by atoms with Gasteiger partial charge in [-0.1, -0.05) is 16.8 Å². The molecule has 0 aliphatic carbocycles. The minimum absolute atomic E-state index is 0.0236. The number of thioether (sulfide) groups is 1. The maximum absolute atomic E-state index is 13.6. The number of nitrogens with one attached hydrogen (secondary N) is 2. The van der Waals surface area contributed by atoms with E-state index >= 15 is 0 Å². The van der Waals surface area contributed by atoms with E-state index in [4.69, 9.17) is 27.3 Å². The van der Waals surface area contributed by atoms with Gasteiger partial charge < -0.3 is 51.2 Å². The third kappa shape index (κ3) is 8.42. The van der Waals surface area contributed by atoms with Gasteiger partial charge in [0, 0.05) is 34.6 Å². The van der Waals surface area contributed by atoms with Crippen molar-refractivity contribution in [1.82, 2.24) is 20.5 Å². The van der Waals surface area contributed by atoms with Crippen LogP contribution in [0.25, 0.3) is 0 Å². The zero-order valence-electron chi connectivity index (χ0n) is 27.9. The van der Waals surface area contributed by atoms with Crippen molar-refractivity contribution in [2.75, 3.05) is 38.5 Å². The number of benzene rings is 1. The Morgan fingerprint density at radius 1 is 1.17 bits per heavy atom. The second-order valence-corrected chi connectivity index (χ2v) is 15.3. The predicted octanol–water partition coefficient (Wildman–Crippen LogP) is 0.606. The molecular weight excluding hydrogens is 762 g/mol. The Morgan fingerprint density at radius 2 is 1.87 bits per heavy atom. The van der Waals surface area contributed by atoms with Gasteiger partial charge in [-0.25, -0.2) is 14.6 Å². The molecule has 53 heavy (non-hydrogen) atoms. The number of carbonyl (C=O) groups excluding carboxylic acids is 3. The van der Waals surface area contributed by atoms with E-state index in [0.717, 1.165) is 35.1 Å². The molecule has 3 aliphatic rings. The first kappa shape index (κ1) is 39.1. The van der Waals surface area contributed by atoms with Gasteiger partial charge in [0.2, 0.25) is 6.10 Å². The molecule has 19 nitrogen and oxygen atoms in total. The van der Waals surface area contributed by atoms with Gasteiger partial charge in [-0.3, -0.25) is 24.1 Å². The standard InChI is InChI=1S/C31H34ClN7O12S2/c1-13-15(11-39(5-2-3-6-39)7-4-34-25(44)14-8-16(32)24(43)18(40)9-14)23(30(49)50)38-27(46)22(28(38)53-13)36-26(45)21(17-12-52-31(33)35-17)37-51-19(29(47)48)10-20(41)42/h8-9,12-13,19,22,28H,2-7,10-11H2,1H3,(H8-,33,34,35,36,37,40,41,42,43,44,45,47,48,49,50)/p+1/t13-,19-,22-,28+/m0/s1. The van der Waals surface area contributed by atoms with Crippen molar-refractivity contribution >= 4 is 81.2 Å². The lowest BCUT2D eigenvalue weighted by Crippen LogP contribution is -2.71. The first-order valence-corrected chi connectivity index (χ1v) is 18.2. The number of β-lactam (4-membered cyclic amide) rings is 1. The fourth-order valence-corrected chi connectivity index (χ4v) is 8.57. The fourth-order valence-electron chi connectivity index (χ4n) is 6.36. The van der Waals surface area contributed by atoms with E-state index in [1.807, 2.05) is 0 Å². The lowest BCUT2D eigenvalue weighted by atomic mass is 9.99. The number of phenolic OH excluding ortho intramolecular Hbond substituents is 2. The number of anilines is 1. The van der Waals surface area contributed by atoms with Crippen molar-refractivity contribution in [2.45, 2.75) is 49.0 Å². The van der Waals surface area contributed by atoms with Gasteiger partial charge in [0.05, 0.1) is 37.6 Å². The second kappa shape index (κ2) is 15.9. The largest absolute Gasteiger partial charge is 0.504 e. The lowest BCUT2D eigenvalue weighted by Gasteiger charge is -2.51. The number of aromatic hydroxyl groups is 2. The molecule has 9 N–H and O–H groups in total. The number of amides is 3. The molecule has 5 rings (SSSR count). The van der Waals surface area contributed by atoms with Crippen LogP contribution in [0.2, 0.25) is 5.02 Å². The van der Waals surface area contributed by atoms with Gasteiger partial charge in [-0.15, -0.1) is 23.1 Å². The number of carbonyl (C=O) groups is 6. The van der Waals surface area contributed by atoms with E-state index in [9.17, 15) is 49.2 Å². The van der Waals surface area contributed by atoms with Gasteiger partial charge in [0.25, 0.3) is 17.7 Å². The monoisotopic (exact) mass is 796 g/mol. The number of nitrogens with zero attached hydrogens (tertiary/aromatic N) is 4. The Balaban J connectivity index is 1.32. The maximum Gasteiger partial charge on any atom is 0.352 e. The first-order chi connectivity index (χ1) is 25.0. The van der Waals surface area contributed by atoms with Crippen molar-refractivity contribution in [3.8, 4) is 11.5 Å². The Morgan fingerprint density at radius 3 is 2.45 bits per heavy atom. The Bertz CT molecular complexity index is 1890. The fraction of sp³-hybridized carbons (Fsp3) is 0.419. The molecule has 3 amide bonds. The molecule has 4 heterocycles. The average molecular weight is 797 g/mol.